The molecule has 0 aromatic carbocycles. The Hall–Kier alpha value is -1.71. The number of carboxylic acid groups (broad SMARTS) is 1. The zero-order chi connectivity index (χ0) is 9.42. The van der Waals surface area contributed by atoms with Crippen LogP contribution < -0.4 is 0 Å². The summed E-state index contributed by atoms with van der Waals surface area (Å²) in [5, 5.41) is 8.72. The van der Waals surface area contributed by atoms with Gasteiger partial charge in [-0.05, 0) is 13.0 Å². The smallest absolute Gasteiger partial charge is 0.337 e. The highest BCUT2D eigenvalue weighted by molar-refractivity contribution is 6.03. The van der Waals surface area contributed by atoms with E-state index in [1.165, 1.54) is 6.20 Å². The van der Waals surface area contributed by atoms with E-state index in [2.05, 4.69) is 9.98 Å². The van der Waals surface area contributed by atoms with E-state index in [1.807, 2.05) is 6.92 Å². The van der Waals surface area contributed by atoms with Gasteiger partial charge in [0.1, 0.15) is 0 Å². The quantitative estimate of drug-likeness (QED) is 0.696. The van der Waals surface area contributed by atoms with Crippen LogP contribution in [0.1, 0.15) is 28.5 Å². The van der Waals surface area contributed by atoms with Crippen molar-refractivity contribution in [1.29, 1.82) is 0 Å². The van der Waals surface area contributed by atoms with E-state index in [9.17, 15) is 4.79 Å². The van der Waals surface area contributed by atoms with Gasteiger partial charge in [0.25, 0.3) is 0 Å². The van der Waals surface area contributed by atoms with Gasteiger partial charge >= 0.3 is 5.97 Å². The molecule has 13 heavy (non-hydrogen) atoms. The number of hydrogen-bond donors (Lipinski definition) is 1. The Balaban J connectivity index is 2.53. The van der Waals surface area contributed by atoms with Crippen molar-refractivity contribution in [3.05, 3.63) is 29.1 Å². The van der Waals surface area contributed by atoms with Crippen molar-refractivity contribution >= 4 is 11.7 Å². The summed E-state index contributed by atoms with van der Waals surface area (Å²) in [6.07, 6.45) is 1.37. The zero-order valence-electron chi connectivity index (χ0n) is 7.11. The van der Waals surface area contributed by atoms with E-state index in [0.29, 0.717) is 6.54 Å². The molecule has 0 saturated carbocycles. The molecule has 0 radical (unpaired) electrons. The molecule has 1 aliphatic heterocycles. The van der Waals surface area contributed by atoms with Crippen LogP contribution >= 0.6 is 0 Å². The monoisotopic (exact) mass is 176 g/mol. The lowest BCUT2D eigenvalue weighted by Gasteiger charge is -1.99. The van der Waals surface area contributed by atoms with Crippen LogP contribution in [0.5, 0.6) is 0 Å². The van der Waals surface area contributed by atoms with Gasteiger partial charge in [-0.25, -0.2) is 4.79 Å². The highest BCUT2D eigenvalue weighted by Gasteiger charge is 2.15. The summed E-state index contributed by atoms with van der Waals surface area (Å²) in [5.74, 6) is -0.949. The third-order valence-electron chi connectivity index (χ3n) is 2.07. The van der Waals surface area contributed by atoms with Crippen molar-refractivity contribution in [3.63, 3.8) is 0 Å². The maximum Gasteiger partial charge on any atom is 0.337 e. The first-order valence-electron chi connectivity index (χ1n) is 3.92. The second-order valence-corrected chi connectivity index (χ2v) is 2.93. The van der Waals surface area contributed by atoms with Crippen LogP contribution in [-0.4, -0.2) is 21.8 Å². The second-order valence-electron chi connectivity index (χ2n) is 2.93. The molecule has 0 spiro atoms. The molecule has 1 aromatic rings. The maximum absolute atomic E-state index is 10.6. The number of fused-ring (bicyclic) bond motifs is 1. The molecule has 1 N–H and O–H groups in total. The second kappa shape index (κ2) is 2.65. The standard InChI is InChI=1S/C9H8N2O2/c1-5-7-2-6(9(12)13)3-11-8(7)4-10-5/h2-3H,4H2,1H3,(H,12,13). The molecule has 0 bridgehead atoms. The molecule has 66 valence electrons. The van der Waals surface area contributed by atoms with Gasteiger partial charge in [-0.15, -0.1) is 0 Å². The van der Waals surface area contributed by atoms with Gasteiger partial charge < -0.3 is 5.11 Å². The molecule has 2 rings (SSSR count). The Morgan fingerprint density at radius 3 is 3.08 bits per heavy atom. The molecule has 0 unspecified atom stereocenters. The van der Waals surface area contributed by atoms with E-state index < -0.39 is 5.97 Å². The summed E-state index contributed by atoms with van der Waals surface area (Å²) < 4.78 is 0. The highest BCUT2D eigenvalue weighted by Crippen LogP contribution is 2.17. The van der Waals surface area contributed by atoms with E-state index >= 15 is 0 Å². The summed E-state index contributed by atoms with van der Waals surface area (Å²) in [4.78, 5) is 18.8. The molecule has 0 aliphatic carbocycles. The third kappa shape index (κ3) is 1.20. The fraction of sp³-hybridized carbons (Fsp3) is 0.222. The average molecular weight is 176 g/mol. The van der Waals surface area contributed by atoms with Gasteiger partial charge in [0.05, 0.1) is 17.8 Å². The van der Waals surface area contributed by atoms with Crippen LogP contribution in [0.4, 0.5) is 0 Å². The number of carboxylic acids is 1. The molecule has 4 heteroatoms. The van der Waals surface area contributed by atoms with E-state index in [1.54, 1.807) is 6.07 Å². The van der Waals surface area contributed by atoms with Crippen molar-refractivity contribution in [2.75, 3.05) is 0 Å². The number of carbonyl (C=O) groups is 1. The maximum atomic E-state index is 10.6. The molecular weight excluding hydrogens is 168 g/mol. The molecule has 0 atom stereocenters. The van der Waals surface area contributed by atoms with Crippen LogP contribution in [0, 0.1) is 0 Å². The summed E-state index contributed by atoms with van der Waals surface area (Å²) in [6, 6.07) is 1.62. The van der Waals surface area contributed by atoms with Crippen molar-refractivity contribution < 1.29 is 9.90 Å². The predicted molar refractivity (Wildman–Crippen MR) is 47.1 cm³/mol. The van der Waals surface area contributed by atoms with Crippen LogP contribution in [0.15, 0.2) is 17.3 Å². The van der Waals surface area contributed by atoms with Gasteiger partial charge in [0.2, 0.25) is 0 Å². The average Bonchev–Trinajstić information content (AvgIpc) is 2.47. The minimum atomic E-state index is -0.949. The number of rotatable bonds is 1. The van der Waals surface area contributed by atoms with Gasteiger partial charge in [0.15, 0.2) is 0 Å². The molecule has 1 aromatic heterocycles. The molecule has 0 saturated heterocycles. The Labute approximate surface area is 75.0 Å². The molecule has 0 fully saturated rings. The number of pyridine rings is 1. The zero-order valence-corrected chi connectivity index (χ0v) is 7.11. The summed E-state index contributed by atoms with van der Waals surface area (Å²) in [5.41, 5.74) is 2.81. The predicted octanol–water partition coefficient (Wildman–Crippen LogP) is 1.10. The number of aromatic carboxylic acids is 1. The van der Waals surface area contributed by atoms with Crippen LogP contribution in [0.25, 0.3) is 0 Å². The highest BCUT2D eigenvalue weighted by atomic mass is 16.4. The normalized spacial score (nSPS) is 13.8. The first-order chi connectivity index (χ1) is 6.18. The van der Waals surface area contributed by atoms with E-state index in [4.69, 9.17) is 5.11 Å². The Bertz CT molecular complexity index is 410. The summed E-state index contributed by atoms with van der Waals surface area (Å²) >= 11 is 0. The van der Waals surface area contributed by atoms with Crippen molar-refractivity contribution in [2.24, 2.45) is 4.99 Å². The number of hydrogen-bond acceptors (Lipinski definition) is 3. The number of aromatic nitrogens is 1. The van der Waals surface area contributed by atoms with Gasteiger partial charge in [-0.1, -0.05) is 0 Å². The van der Waals surface area contributed by atoms with E-state index in [-0.39, 0.29) is 5.56 Å². The summed E-state index contributed by atoms with van der Waals surface area (Å²) in [6.45, 7) is 2.43. The lowest BCUT2D eigenvalue weighted by molar-refractivity contribution is 0.0696. The van der Waals surface area contributed by atoms with Crippen LogP contribution in [0.2, 0.25) is 0 Å². The first-order valence-corrected chi connectivity index (χ1v) is 3.92. The lowest BCUT2D eigenvalue weighted by Crippen LogP contribution is -2.02. The largest absolute Gasteiger partial charge is 0.478 e. The molecular formula is C9H8N2O2. The number of aliphatic imine (C=N–C) groups is 1. The Morgan fingerprint density at radius 2 is 2.38 bits per heavy atom. The summed E-state index contributed by atoms with van der Waals surface area (Å²) in [7, 11) is 0. The van der Waals surface area contributed by atoms with Crippen LogP contribution in [0.3, 0.4) is 0 Å². The minimum Gasteiger partial charge on any atom is -0.478 e. The van der Waals surface area contributed by atoms with Gasteiger partial charge in [0, 0.05) is 17.5 Å². The topological polar surface area (TPSA) is 62.5 Å². The van der Waals surface area contributed by atoms with E-state index in [0.717, 1.165) is 17.0 Å². The minimum absolute atomic E-state index is 0.218. The Kier molecular flexibility index (Phi) is 1.62. The fourth-order valence-electron chi connectivity index (χ4n) is 1.33. The molecule has 4 nitrogen and oxygen atoms in total. The van der Waals surface area contributed by atoms with Gasteiger partial charge in [-0.2, -0.15) is 0 Å². The van der Waals surface area contributed by atoms with Crippen molar-refractivity contribution in [3.8, 4) is 0 Å². The Morgan fingerprint density at radius 1 is 1.62 bits per heavy atom. The van der Waals surface area contributed by atoms with Gasteiger partial charge in [-0.3, -0.25) is 9.98 Å². The van der Waals surface area contributed by atoms with Crippen molar-refractivity contribution in [1.82, 2.24) is 4.98 Å². The van der Waals surface area contributed by atoms with Crippen molar-refractivity contribution in [2.45, 2.75) is 13.5 Å². The molecule has 2 heterocycles. The first kappa shape index (κ1) is 7.91. The SMILES string of the molecule is CC1=NCc2ncc(C(=O)O)cc21. The van der Waals surface area contributed by atoms with Crippen LogP contribution in [-0.2, 0) is 6.54 Å². The fourth-order valence-corrected chi connectivity index (χ4v) is 1.33. The molecule has 0 amide bonds. The lowest BCUT2D eigenvalue weighted by atomic mass is 10.1. The third-order valence-corrected chi connectivity index (χ3v) is 2.07. The number of nitrogens with zero attached hydrogens (tertiary/aromatic N) is 2. The molecule has 1 aliphatic rings.